The van der Waals surface area contributed by atoms with Crippen LogP contribution in [0.15, 0.2) is 30.3 Å². The van der Waals surface area contributed by atoms with Gasteiger partial charge in [0.15, 0.2) is 0 Å². The van der Waals surface area contributed by atoms with Crippen molar-refractivity contribution in [2.75, 3.05) is 0 Å². The minimum Gasteiger partial charge on any atom is -0.393 e. The predicted octanol–water partition coefficient (Wildman–Crippen LogP) is 0.603. The number of hydrogen-bond donors (Lipinski definition) is 4. The van der Waals surface area contributed by atoms with E-state index < -0.39 is 24.4 Å². The van der Waals surface area contributed by atoms with Gasteiger partial charge >= 0.3 is 0 Å². The summed E-state index contributed by atoms with van der Waals surface area (Å²) in [6.45, 7) is 0. The third kappa shape index (κ3) is 2.72. The Kier molecular flexibility index (Phi) is 4.35. The lowest BCUT2D eigenvalue weighted by Crippen LogP contribution is -2.40. The highest BCUT2D eigenvalue weighted by molar-refractivity contribution is 5.18. The number of rotatable bonds is 4. The topological polar surface area (TPSA) is 80.9 Å². The van der Waals surface area contributed by atoms with Crippen LogP contribution in [-0.2, 0) is 0 Å². The van der Waals surface area contributed by atoms with Crippen molar-refractivity contribution in [3.8, 4) is 0 Å². The molecule has 0 aromatic heterocycles. The minimum absolute atomic E-state index is 0.349. The summed E-state index contributed by atoms with van der Waals surface area (Å²) in [6.07, 6.45) is -1.91. The molecular formula is C14H20O4. The molecule has 0 radical (unpaired) electrons. The van der Waals surface area contributed by atoms with Crippen LogP contribution >= 0.6 is 0 Å². The smallest absolute Gasteiger partial charge is 0.110 e. The van der Waals surface area contributed by atoms with E-state index in [-0.39, 0.29) is 5.92 Å². The Labute approximate surface area is 107 Å². The molecule has 1 unspecified atom stereocenters. The summed E-state index contributed by atoms with van der Waals surface area (Å²) < 4.78 is 0. The fourth-order valence-corrected chi connectivity index (χ4v) is 2.65. The first-order chi connectivity index (χ1) is 8.61. The van der Waals surface area contributed by atoms with Crippen LogP contribution in [0.4, 0.5) is 0 Å². The van der Waals surface area contributed by atoms with Crippen LogP contribution in [-0.4, -0.2) is 38.7 Å². The molecule has 1 aromatic rings. The Morgan fingerprint density at radius 3 is 2.22 bits per heavy atom. The Morgan fingerprint density at radius 1 is 1.00 bits per heavy atom. The molecule has 1 saturated carbocycles. The summed E-state index contributed by atoms with van der Waals surface area (Å²) >= 11 is 0. The standard InChI is InChI=1S/C14H20O4/c15-11-8-4-7-10(11)13(17)14(18)12(16)9-5-2-1-3-6-9/h1-3,5-6,10-18H,4,7-8H2/t10-,11-,12?,13-,14-/m0/s1. The van der Waals surface area contributed by atoms with Gasteiger partial charge in [-0.15, -0.1) is 0 Å². The second-order valence-corrected chi connectivity index (χ2v) is 5.00. The normalized spacial score (nSPS) is 28.9. The molecule has 0 spiro atoms. The molecule has 1 aromatic carbocycles. The first-order valence-electron chi connectivity index (χ1n) is 6.38. The highest BCUT2D eigenvalue weighted by atomic mass is 16.4. The molecule has 0 aliphatic heterocycles. The van der Waals surface area contributed by atoms with Gasteiger partial charge in [0.05, 0.1) is 12.2 Å². The van der Waals surface area contributed by atoms with Crippen molar-refractivity contribution in [2.24, 2.45) is 5.92 Å². The lowest BCUT2D eigenvalue weighted by molar-refractivity contribution is -0.0977. The van der Waals surface area contributed by atoms with E-state index in [2.05, 4.69) is 0 Å². The molecular weight excluding hydrogens is 232 g/mol. The van der Waals surface area contributed by atoms with Crippen LogP contribution in [0.5, 0.6) is 0 Å². The van der Waals surface area contributed by atoms with Gasteiger partial charge in [-0.3, -0.25) is 0 Å². The maximum absolute atomic E-state index is 10.0. The fraction of sp³-hybridized carbons (Fsp3) is 0.571. The molecule has 1 aliphatic rings. The van der Waals surface area contributed by atoms with E-state index in [0.29, 0.717) is 18.4 Å². The molecule has 1 fully saturated rings. The van der Waals surface area contributed by atoms with Gasteiger partial charge in [-0.1, -0.05) is 36.8 Å². The summed E-state index contributed by atoms with van der Waals surface area (Å²) in [5.41, 5.74) is 0.566. The molecule has 0 saturated heterocycles. The quantitative estimate of drug-likeness (QED) is 0.632. The summed E-state index contributed by atoms with van der Waals surface area (Å²) in [6, 6.07) is 8.75. The summed E-state index contributed by atoms with van der Waals surface area (Å²) in [4.78, 5) is 0. The van der Waals surface area contributed by atoms with Crippen molar-refractivity contribution in [2.45, 2.75) is 43.7 Å². The summed E-state index contributed by atoms with van der Waals surface area (Å²) in [7, 11) is 0. The van der Waals surface area contributed by atoms with Crippen molar-refractivity contribution in [3.63, 3.8) is 0 Å². The van der Waals surface area contributed by atoms with Crippen LogP contribution < -0.4 is 0 Å². The Morgan fingerprint density at radius 2 is 1.67 bits per heavy atom. The first-order valence-corrected chi connectivity index (χ1v) is 6.38. The number of hydrogen-bond acceptors (Lipinski definition) is 4. The van der Waals surface area contributed by atoms with Gasteiger partial charge in [0.2, 0.25) is 0 Å². The molecule has 100 valence electrons. The molecule has 2 rings (SSSR count). The van der Waals surface area contributed by atoms with E-state index in [0.717, 1.165) is 6.42 Å². The minimum atomic E-state index is -1.27. The van der Waals surface area contributed by atoms with Crippen molar-refractivity contribution in [3.05, 3.63) is 35.9 Å². The van der Waals surface area contributed by atoms with Gasteiger partial charge in [-0.2, -0.15) is 0 Å². The molecule has 5 atom stereocenters. The van der Waals surface area contributed by atoms with E-state index in [1.165, 1.54) is 0 Å². The average Bonchev–Trinajstić information content (AvgIpc) is 2.83. The lowest BCUT2D eigenvalue weighted by Gasteiger charge is -2.29. The van der Waals surface area contributed by atoms with Crippen molar-refractivity contribution in [1.29, 1.82) is 0 Å². The predicted molar refractivity (Wildman–Crippen MR) is 66.8 cm³/mol. The second-order valence-electron chi connectivity index (χ2n) is 5.00. The van der Waals surface area contributed by atoms with Gasteiger partial charge < -0.3 is 20.4 Å². The van der Waals surface area contributed by atoms with Crippen molar-refractivity contribution in [1.82, 2.24) is 0 Å². The highest BCUT2D eigenvalue weighted by Gasteiger charge is 2.38. The van der Waals surface area contributed by atoms with Crippen molar-refractivity contribution >= 4 is 0 Å². The van der Waals surface area contributed by atoms with E-state index in [9.17, 15) is 20.4 Å². The zero-order valence-electron chi connectivity index (χ0n) is 10.2. The fourth-order valence-electron chi connectivity index (χ4n) is 2.65. The maximum Gasteiger partial charge on any atom is 0.110 e. The Bertz CT molecular complexity index is 367. The summed E-state index contributed by atoms with van der Waals surface area (Å²) in [5.74, 6) is -0.349. The molecule has 1 aliphatic carbocycles. The van der Waals surface area contributed by atoms with Crippen molar-refractivity contribution < 1.29 is 20.4 Å². The van der Waals surface area contributed by atoms with Gasteiger partial charge in [-0.25, -0.2) is 0 Å². The van der Waals surface area contributed by atoms with Crippen LogP contribution in [0, 0.1) is 5.92 Å². The molecule has 0 amide bonds. The summed E-state index contributed by atoms with van der Waals surface area (Å²) in [5, 5.41) is 39.8. The molecule has 4 N–H and O–H groups in total. The molecule has 0 heterocycles. The largest absolute Gasteiger partial charge is 0.393 e. The number of aliphatic hydroxyl groups excluding tert-OH is 4. The molecule has 4 heteroatoms. The van der Waals surface area contributed by atoms with Gasteiger partial charge in [0, 0.05) is 5.92 Å². The van der Waals surface area contributed by atoms with Gasteiger partial charge in [0.1, 0.15) is 12.2 Å². The zero-order valence-corrected chi connectivity index (χ0v) is 10.2. The average molecular weight is 252 g/mol. The van der Waals surface area contributed by atoms with Crippen LogP contribution in [0.2, 0.25) is 0 Å². The first kappa shape index (κ1) is 13.5. The maximum atomic E-state index is 10.0. The van der Waals surface area contributed by atoms with E-state index >= 15 is 0 Å². The van der Waals surface area contributed by atoms with Crippen LogP contribution in [0.1, 0.15) is 30.9 Å². The van der Waals surface area contributed by atoms with Gasteiger partial charge in [-0.05, 0) is 18.4 Å². The molecule has 18 heavy (non-hydrogen) atoms. The Hall–Kier alpha value is -0.940. The molecule has 4 nitrogen and oxygen atoms in total. The van der Waals surface area contributed by atoms with E-state index in [1.807, 2.05) is 6.07 Å². The highest BCUT2D eigenvalue weighted by Crippen LogP contribution is 2.32. The zero-order chi connectivity index (χ0) is 13.1. The van der Waals surface area contributed by atoms with E-state index in [1.54, 1.807) is 24.3 Å². The second kappa shape index (κ2) is 5.80. The Balaban J connectivity index is 2.04. The van der Waals surface area contributed by atoms with E-state index in [4.69, 9.17) is 0 Å². The number of benzene rings is 1. The third-order valence-corrected chi connectivity index (χ3v) is 3.78. The van der Waals surface area contributed by atoms with Gasteiger partial charge in [0.25, 0.3) is 0 Å². The number of aliphatic hydroxyl groups is 4. The SMILES string of the molecule is OC(c1ccccc1)[C@H](O)[C@@H](O)[C@H]1CCC[C@@H]1O. The lowest BCUT2D eigenvalue weighted by atomic mass is 9.90. The van der Waals surface area contributed by atoms with Crippen LogP contribution in [0.3, 0.4) is 0 Å². The monoisotopic (exact) mass is 252 g/mol. The van der Waals surface area contributed by atoms with Crippen LogP contribution in [0.25, 0.3) is 0 Å². The molecule has 0 bridgehead atoms. The third-order valence-electron chi connectivity index (χ3n) is 3.78.